The summed E-state index contributed by atoms with van der Waals surface area (Å²) in [5, 5.41) is 3.22. The molecule has 0 aliphatic carbocycles. The summed E-state index contributed by atoms with van der Waals surface area (Å²) >= 11 is 6.11. The number of rotatable bonds is 7. The number of anilines is 1. The molecule has 0 unspecified atom stereocenters. The quantitative estimate of drug-likeness (QED) is 0.630. The van der Waals surface area contributed by atoms with E-state index in [1.54, 1.807) is 61.8 Å². The Labute approximate surface area is 174 Å². The van der Waals surface area contributed by atoms with Gasteiger partial charge < -0.3 is 19.4 Å². The van der Waals surface area contributed by atoms with Crippen molar-refractivity contribution < 1.29 is 18.7 Å². The smallest absolute Gasteiger partial charge is 0.264 e. The van der Waals surface area contributed by atoms with Gasteiger partial charge in [0.15, 0.2) is 6.61 Å². The fraction of sp³-hybridized carbons (Fsp3) is 0.182. The van der Waals surface area contributed by atoms with Gasteiger partial charge in [0.2, 0.25) is 0 Å². The van der Waals surface area contributed by atoms with Crippen molar-refractivity contribution in [1.82, 2.24) is 5.32 Å². The zero-order valence-corrected chi connectivity index (χ0v) is 16.9. The van der Waals surface area contributed by atoms with E-state index in [2.05, 4.69) is 5.32 Å². The van der Waals surface area contributed by atoms with Crippen molar-refractivity contribution in [2.75, 3.05) is 18.6 Å². The van der Waals surface area contributed by atoms with Gasteiger partial charge in [-0.05, 0) is 48.9 Å². The molecule has 1 heterocycles. The van der Waals surface area contributed by atoms with Crippen LogP contribution < -0.4 is 15.0 Å². The molecular formula is C22H21ClN2O4. The SMILES string of the molecule is Cc1ccc(Cl)c(OCC(=O)N(C)c2ccccc2C(=O)NCc2ccco2)c1. The third-order valence-corrected chi connectivity index (χ3v) is 4.64. The summed E-state index contributed by atoms with van der Waals surface area (Å²) in [6.45, 7) is 1.96. The van der Waals surface area contributed by atoms with E-state index < -0.39 is 0 Å². The Balaban J connectivity index is 1.68. The molecule has 6 nitrogen and oxygen atoms in total. The molecule has 0 atom stereocenters. The standard InChI is InChI=1S/C22H21ClN2O4/c1-15-9-10-18(23)20(12-15)29-14-21(26)25(2)19-8-4-3-7-17(19)22(27)24-13-16-6-5-11-28-16/h3-12H,13-14H2,1-2H3,(H,24,27). The van der Waals surface area contributed by atoms with E-state index >= 15 is 0 Å². The lowest BCUT2D eigenvalue weighted by Crippen LogP contribution is -2.33. The van der Waals surface area contributed by atoms with Gasteiger partial charge in [0.1, 0.15) is 11.5 Å². The van der Waals surface area contributed by atoms with Crippen molar-refractivity contribution in [3.63, 3.8) is 0 Å². The van der Waals surface area contributed by atoms with Gasteiger partial charge >= 0.3 is 0 Å². The van der Waals surface area contributed by atoms with Gasteiger partial charge in [-0.15, -0.1) is 0 Å². The van der Waals surface area contributed by atoms with Crippen molar-refractivity contribution in [3.8, 4) is 5.75 Å². The minimum absolute atomic E-state index is 0.206. The van der Waals surface area contributed by atoms with Crippen molar-refractivity contribution >= 4 is 29.1 Å². The maximum atomic E-state index is 12.6. The molecule has 0 aliphatic rings. The van der Waals surface area contributed by atoms with Crippen LogP contribution in [0.2, 0.25) is 5.02 Å². The van der Waals surface area contributed by atoms with Crippen LogP contribution in [-0.4, -0.2) is 25.5 Å². The number of nitrogens with one attached hydrogen (secondary N) is 1. The summed E-state index contributed by atoms with van der Waals surface area (Å²) in [5.41, 5.74) is 1.83. The number of para-hydroxylation sites is 1. The number of nitrogens with zero attached hydrogens (tertiary/aromatic N) is 1. The summed E-state index contributed by atoms with van der Waals surface area (Å²) in [5.74, 6) is 0.467. The summed E-state index contributed by atoms with van der Waals surface area (Å²) in [6, 6.07) is 15.8. The Morgan fingerprint density at radius 2 is 1.93 bits per heavy atom. The van der Waals surface area contributed by atoms with Crippen LogP contribution in [0.15, 0.2) is 65.3 Å². The first-order valence-corrected chi connectivity index (χ1v) is 9.38. The summed E-state index contributed by atoms with van der Waals surface area (Å²) in [7, 11) is 1.60. The largest absolute Gasteiger partial charge is 0.482 e. The Kier molecular flexibility index (Phi) is 6.57. The van der Waals surface area contributed by atoms with Crippen LogP contribution >= 0.6 is 11.6 Å². The van der Waals surface area contributed by atoms with Gasteiger partial charge in [0.25, 0.3) is 11.8 Å². The second-order valence-corrected chi connectivity index (χ2v) is 6.86. The Morgan fingerprint density at radius 3 is 2.69 bits per heavy atom. The second kappa shape index (κ2) is 9.30. The number of furan rings is 1. The van der Waals surface area contributed by atoms with Crippen molar-refractivity contribution in [2.45, 2.75) is 13.5 Å². The van der Waals surface area contributed by atoms with Crippen LogP contribution in [0.1, 0.15) is 21.7 Å². The number of benzene rings is 2. The molecular weight excluding hydrogens is 392 g/mol. The molecule has 1 N–H and O–H groups in total. The Morgan fingerprint density at radius 1 is 1.14 bits per heavy atom. The summed E-state index contributed by atoms with van der Waals surface area (Å²) in [4.78, 5) is 26.6. The number of hydrogen-bond acceptors (Lipinski definition) is 4. The molecule has 0 aliphatic heterocycles. The van der Waals surface area contributed by atoms with E-state index in [1.165, 1.54) is 4.90 Å². The highest BCUT2D eigenvalue weighted by Gasteiger charge is 2.19. The van der Waals surface area contributed by atoms with Crippen LogP contribution in [0.25, 0.3) is 0 Å². The van der Waals surface area contributed by atoms with Crippen molar-refractivity contribution in [3.05, 3.63) is 82.8 Å². The second-order valence-electron chi connectivity index (χ2n) is 6.45. The molecule has 0 fully saturated rings. The van der Waals surface area contributed by atoms with Crippen LogP contribution in [-0.2, 0) is 11.3 Å². The van der Waals surface area contributed by atoms with E-state index in [1.807, 2.05) is 13.0 Å². The van der Waals surface area contributed by atoms with E-state index in [0.717, 1.165) is 5.56 Å². The molecule has 0 bridgehead atoms. The first-order chi connectivity index (χ1) is 14.0. The lowest BCUT2D eigenvalue weighted by Gasteiger charge is -2.20. The van der Waals surface area contributed by atoms with Crippen LogP contribution in [0, 0.1) is 6.92 Å². The van der Waals surface area contributed by atoms with Gasteiger partial charge in [-0.3, -0.25) is 9.59 Å². The van der Waals surface area contributed by atoms with Gasteiger partial charge in [0.05, 0.1) is 29.1 Å². The van der Waals surface area contributed by atoms with E-state index in [9.17, 15) is 9.59 Å². The van der Waals surface area contributed by atoms with Gasteiger partial charge in [-0.2, -0.15) is 0 Å². The Hall–Kier alpha value is -3.25. The molecule has 0 radical (unpaired) electrons. The zero-order valence-electron chi connectivity index (χ0n) is 16.1. The number of aryl methyl sites for hydroxylation is 1. The molecule has 3 aromatic rings. The minimum Gasteiger partial charge on any atom is -0.482 e. The number of likely N-dealkylation sites (N-methyl/N-ethyl adjacent to an activating group) is 1. The predicted molar refractivity (Wildman–Crippen MR) is 111 cm³/mol. The molecule has 0 saturated carbocycles. The number of ether oxygens (including phenoxy) is 1. The van der Waals surface area contributed by atoms with Gasteiger partial charge in [-0.1, -0.05) is 29.8 Å². The zero-order chi connectivity index (χ0) is 20.8. The maximum absolute atomic E-state index is 12.6. The minimum atomic E-state index is -0.311. The first kappa shape index (κ1) is 20.5. The fourth-order valence-corrected chi connectivity index (χ4v) is 2.90. The maximum Gasteiger partial charge on any atom is 0.264 e. The number of amides is 2. The molecule has 2 amide bonds. The highest BCUT2D eigenvalue weighted by Crippen LogP contribution is 2.26. The van der Waals surface area contributed by atoms with Crippen molar-refractivity contribution in [1.29, 1.82) is 0 Å². The molecule has 3 rings (SSSR count). The lowest BCUT2D eigenvalue weighted by atomic mass is 10.1. The number of carbonyl (C=O) groups excluding carboxylic acids is 2. The van der Waals surface area contributed by atoms with Crippen LogP contribution in [0.5, 0.6) is 5.75 Å². The average Bonchev–Trinajstić information content (AvgIpc) is 3.25. The Bertz CT molecular complexity index is 1000. The highest BCUT2D eigenvalue weighted by atomic mass is 35.5. The van der Waals surface area contributed by atoms with Gasteiger partial charge in [0, 0.05) is 7.05 Å². The van der Waals surface area contributed by atoms with Crippen LogP contribution in [0.4, 0.5) is 5.69 Å². The molecule has 0 saturated heterocycles. The summed E-state index contributed by atoms with van der Waals surface area (Å²) < 4.78 is 10.8. The summed E-state index contributed by atoms with van der Waals surface area (Å²) in [6.07, 6.45) is 1.54. The van der Waals surface area contributed by atoms with Crippen LogP contribution in [0.3, 0.4) is 0 Å². The topological polar surface area (TPSA) is 71.8 Å². The number of hydrogen-bond donors (Lipinski definition) is 1. The molecule has 1 aromatic heterocycles. The van der Waals surface area contributed by atoms with E-state index in [-0.39, 0.29) is 25.0 Å². The molecule has 2 aromatic carbocycles. The monoisotopic (exact) mass is 412 g/mol. The highest BCUT2D eigenvalue weighted by molar-refractivity contribution is 6.32. The number of halogens is 1. The fourth-order valence-electron chi connectivity index (χ4n) is 2.73. The molecule has 150 valence electrons. The van der Waals surface area contributed by atoms with Gasteiger partial charge in [-0.25, -0.2) is 0 Å². The first-order valence-electron chi connectivity index (χ1n) is 9.01. The number of carbonyl (C=O) groups is 2. The normalized spacial score (nSPS) is 10.4. The van der Waals surface area contributed by atoms with E-state index in [0.29, 0.717) is 27.8 Å². The van der Waals surface area contributed by atoms with E-state index in [4.69, 9.17) is 20.8 Å². The average molecular weight is 413 g/mol. The predicted octanol–water partition coefficient (Wildman–Crippen LogP) is 4.21. The molecule has 29 heavy (non-hydrogen) atoms. The third-order valence-electron chi connectivity index (χ3n) is 4.33. The third kappa shape index (κ3) is 5.18. The molecule has 7 heteroatoms. The van der Waals surface area contributed by atoms with Crippen molar-refractivity contribution in [2.24, 2.45) is 0 Å². The molecule has 0 spiro atoms. The lowest BCUT2D eigenvalue weighted by molar-refractivity contribution is -0.120.